The monoisotopic (exact) mass is 1530 g/mol. The summed E-state index contributed by atoms with van der Waals surface area (Å²) in [5.41, 5.74) is -12.2. The molecule has 5 aromatic carbocycles. The van der Waals surface area contributed by atoms with Crippen LogP contribution in [0.1, 0.15) is 132 Å². The molecule has 4 bridgehead atoms. The fourth-order valence-electron chi connectivity index (χ4n) is 18.0. The van der Waals surface area contributed by atoms with Crippen molar-refractivity contribution in [1.82, 2.24) is 0 Å². The second-order valence-corrected chi connectivity index (χ2v) is 30.9. The third-order valence-electron chi connectivity index (χ3n) is 23.9. The minimum absolute atomic E-state index is 0.0276. The predicted molar refractivity (Wildman–Crippen MR) is 384 cm³/mol. The molecule has 8 aliphatic rings. The quantitative estimate of drug-likeness (QED) is 0.0261. The summed E-state index contributed by atoms with van der Waals surface area (Å²) >= 11 is 4.97. The van der Waals surface area contributed by atoms with Crippen LogP contribution in [0.15, 0.2) is 174 Å². The first-order valence-corrected chi connectivity index (χ1v) is 36.3. The molecule has 4 saturated carbocycles. The van der Waals surface area contributed by atoms with E-state index in [4.69, 9.17) is 59.0 Å². The van der Waals surface area contributed by atoms with Crippen LogP contribution in [0.2, 0.25) is 0 Å². The number of hydrogen-bond acceptors (Lipinski definition) is 26. The van der Waals surface area contributed by atoms with Crippen molar-refractivity contribution in [2.24, 2.45) is 33.5 Å². The van der Waals surface area contributed by atoms with Crippen LogP contribution >= 0.6 is 11.6 Å². The van der Waals surface area contributed by atoms with Gasteiger partial charge in [-0.25, -0.2) is 24.0 Å². The van der Waals surface area contributed by atoms with Crippen molar-refractivity contribution in [3.8, 4) is 0 Å². The Bertz CT molecular complexity index is 4320. The van der Waals surface area contributed by atoms with Gasteiger partial charge in [0, 0.05) is 62.0 Å². The Morgan fingerprint density at radius 3 is 1.24 bits per heavy atom. The fraction of sp³-hybridized carbons (Fsp3) is 0.476. The number of Topliss-reactive ketones (excluding diaryl/α,β-unsaturated/α-hetero) is 2. The van der Waals surface area contributed by atoms with Gasteiger partial charge in [-0.05, 0) is 90.9 Å². The SMILES string of the molecule is CC(=O)O[C@@]12CO[C@@H]1C[C@H](O)[C@@]1(C)C(=O)[C@H](O)C3=C(C)[C@@H](O)C[C@@](O)([C@@H](OC(=O)c4ccccc4)C12)C3(C)C.CC(=O)O[C@@]12CO[C@@H]1C[C@H](OC(=O)OCc1ccccc1)[C@@]1(C)C(=O)[C@H](OC(=O)OCc3ccccc3)C3=C(C)[C@@H](O)C[C@@](O)([C@@H](OC(=O)c4ccccc4)C12)C3(C)C.O=C(Cl)OCc1ccccc1. The van der Waals surface area contributed by atoms with Gasteiger partial charge in [-0.2, -0.15) is 0 Å². The number of esters is 4. The van der Waals surface area contributed by atoms with Gasteiger partial charge in [0.2, 0.25) is 0 Å². The lowest BCUT2D eigenvalue weighted by molar-refractivity contribution is -0.346. The van der Waals surface area contributed by atoms with Crippen molar-refractivity contribution < 1.29 is 126 Å². The number of aliphatic hydroxyl groups excluding tert-OH is 4. The Kier molecular flexibility index (Phi) is 23.2. The molecule has 0 radical (unpaired) electrons. The standard InChI is InChI=1S/C45H48O14.C29H36O10.C8H7ClO2/c1-26-31(47)22-45(52)38(58-39(49)30-19-13-8-14-20-30)36-43(5,37(48)35(34(26)42(45,3)4)57-41(51)54-24-29-17-11-7-12-18-29)32(21-33-44(36,25-55-33)59-27(2)46)56-40(50)53-23-28-15-9-6-10-16-28;1-14-17(31)12-29(36)24(38-25(35)16-9-7-6-8-10-16)22-27(5,23(34)21(33)20(14)26(29,3)4)18(32)11-19-28(22,13-37-19)39-15(2)30;9-8(10)11-6-7-4-2-1-3-5-7/h6-20,31-33,35-36,38,47,52H,21-25H2,1-5H3;6-10,17-19,21-22,24,31-33,36H,11-13H2,1-5H3;1-5H,6H2/t31-,32-,33+,35+,36?,38-,43+,44-,45+;17-,18-,19+,21+,22?,24-,27+,28-,29+;/m00./s1. The molecular weight excluding hydrogens is 1440 g/mol. The first-order valence-electron chi connectivity index (χ1n) is 35.9. The molecule has 0 spiro atoms. The maximum Gasteiger partial charge on any atom is 0.509 e. The molecule has 2 heterocycles. The van der Waals surface area contributed by atoms with Crippen LogP contribution < -0.4 is 0 Å². The lowest BCUT2D eigenvalue weighted by atomic mass is 9.44. The van der Waals surface area contributed by atoms with Crippen LogP contribution in [0.25, 0.3) is 0 Å². The van der Waals surface area contributed by atoms with Crippen LogP contribution in [0, 0.1) is 33.5 Å². The number of ether oxygens (including phenoxy) is 11. The third-order valence-corrected chi connectivity index (χ3v) is 24.0. The Balaban J connectivity index is 0.000000201. The molecule has 2 saturated heterocycles. The van der Waals surface area contributed by atoms with Crippen molar-refractivity contribution in [3.05, 3.63) is 202 Å². The molecule has 2 unspecified atom stereocenters. The van der Waals surface area contributed by atoms with E-state index in [1.54, 1.807) is 139 Å². The van der Waals surface area contributed by atoms with E-state index in [-0.39, 0.29) is 80.1 Å². The van der Waals surface area contributed by atoms with Crippen LogP contribution in [-0.4, -0.2) is 180 Å². The number of hydrogen-bond donors (Lipinski definition) is 6. The maximum absolute atomic E-state index is 15.9. The average Bonchev–Trinajstić information content (AvgIpc) is 0.676. The third kappa shape index (κ3) is 14.6. The largest absolute Gasteiger partial charge is 0.509 e. The molecule has 18 atom stereocenters. The summed E-state index contributed by atoms with van der Waals surface area (Å²) in [6, 6.07) is 43.0. The first-order chi connectivity index (χ1) is 51.4. The number of aliphatic hydroxyl groups is 6. The summed E-state index contributed by atoms with van der Waals surface area (Å²) in [6.45, 7) is 14.2. The molecule has 6 aliphatic carbocycles. The van der Waals surface area contributed by atoms with Gasteiger partial charge in [-0.1, -0.05) is 155 Å². The van der Waals surface area contributed by atoms with E-state index >= 15 is 4.79 Å². The predicted octanol–water partition coefficient (Wildman–Crippen LogP) is 9.45. The Morgan fingerprint density at radius 1 is 0.477 bits per heavy atom. The minimum atomic E-state index is -2.28. The highest BCUT2D eigenvalue weighted by molar-refractivity contribution is 6.61. The van der Waals surface area contributed by atoms with Gasteiger partial charge in [-0.3, -0.25) is 19.2 Å². The second kappa shape index (κ2) is 31.3. The number of rotatable bonds is 14. The van der Waals surface area contributed by atoms with Crippen molar-refractivity contribution in [2.75, 3.05) is 13.2 Å². The second-order valence-electron chi connectivity index (χ2n) is 30.6. The molecule has 5 aromatic rings. The lowest BCUT2D eigenvalue weighted by Gasteiger charge is -2.67. The molecule has 6 N–H and O–H groups in total. The summed E-state index contributed by atoms with van der Waals surface area (Å²) in [7, 11) is 0. The molecular formula is C82H91ClO26. The average molecular weight is 1530 g/mol. The molecule has 0 aromatic heterocycles. The van der Waals surface area contributed by atoms with Gasteiger partial charge in [0.1, 0.15) is 67.6 Å². The summed E-state index contributed by atoms with van der Waals surface area (Å²) in [5, 5.41) is 71.9. The number of ketones is 2. The highest BCUT2D eigenvalue weighted by atomic mass is 35.5. The van der Waals surface area contributed by atoms with Crippen LogP contribution in [0.5, 0.6) is 0 Å². The maximum atomic E-state index is 15.9. The molecule has 109 heavy (non-hydrogen) atoms. The van der Waals surface area contributed by atoms with Gasteiger partial charge in [-0.15, -0.1) is 0 Å². The summed E-state index contributed by atoms with van der Waals surface area (Å²) in [5.74, 6) is -7.69. The lowest BCUT2D eigenvalue weighted by Crippen LogP contribution is -2.82. The van der Waals surface area contributed by atoms with Gasteiger partial charge >= 0.3 is 41.6 Å². The van der Waals surface area contributed by atoms with E-state index in [0.717, 1.165) is 5.56 Å². The van der Waals surface area contributed by atoms with Gasteiger partial charge in [0.15, 0.2) is 28.9 Å². The van der Waals surface area contributed by atoms with Crippen molar-refractivity contribution in [2.45, 2.75) is 198 Å². The normalized spacial score (nSPS) is 33.4. The molecule has 27 heteroatoms. The van der Waals surface area contributed by atoms with E-state index in [0.29, 0.717) is 16.7 Å². The Morgan fingerprint density at radius 2 is 0.844 bits per heavy atom. The van der Waals surface area contributed by atoms with Crippen molar-refractivity contribution in [3.63, 3.8) is 0 Å². The highest BCUT2D eigenvalue weighted by Gasteiger charge is 2.81. The number of carbonyl (C=O) groups excluding carboxylic acids is 9. The first kappa shape index (κ1) is 80.8. The van der Waals surface area contributed by atoms with Gasteiger partial charge < -0.3 is 82.7 Å². The summed E-state index contributed by atoms with van der Waals surface area (Å²) in [6.07, 6.45) is -17.9. The van der Waals surface area contributed by atoms with E-state index in [2.05, 4.69) is 4.74 Å². The van der Waals surface area contributed by atoms with E-state index < -0.39 is 177 Å². The zero-order valence-electron chi connectivity index (χ0n) is 62.0. The van der Waals surface area contributed by atoms with Crippen LogP contribution in [-0.2, 0) is 91.1 Å². The minimum Gasteiger partial charge on any atom is -0.455 e. The fourth-order valence-corrected chi connectivity index (χ4v) is 18.0. The van der Waals surface area contributed by atoms with Gasteiger partial charge in [0.05, 0.1) is 65.3 Å². The molecule has 6 fully saturated rings. The van der Waals surface area contributed by atoms with Crippen molar-refractivity contribution in [1.29, 1.82) is 0 Å². The number of fused-ring (bicyclic) bond motifs is 10. The van der Waals surface area contributed by atoms with E-state index in [1.165, 1.54) is 52.0 Å². The summed E-state index contributed by atoms with van der Waals surface area (Å²) < 4.78 is 63.9. The zero-order valence-corrected chi connectivity index (χ0v) is 62.7. The number of carbonyl (C=O) groups is 9. The van der Waals surface area contributed by atoms with Crippen LogP contribution in [0.4, 0.5) is 14.4 Å². The molecule has 2 aliphatic heterocycles. The topological polar surface area (TPSA) is 377 Å². The Labute approximate surface area is 634 Å². The Hall–Kier alpha value is -9.22. The zero-order chi connectivity index (χ0) is 79.1. The molecule has 582 valence electrons. The summed E-state index contributed by atoms with van der Waals surface area (Å²) in [4.78, 5) is 121. The van der Waals surface area contributed by atoms with Crippen molar-refractivity contribution >= 4 is 64.8 Å². The molecule has 13 rings (SSSR count). The highest BCUT2D eigenvalue weighted by Crippen LogP contribution is 2.67. The molecule has 26 nitrogen and oxygen atoms in total. The van der Waals surface area contributed by atoms with Crippen LogP contribution in [0.3, 0.4) is 0 Å². The van der Waals surface area contributed by atoms with Gasteiger partial charge in [0.25, 0.3) is 0 Å². The molecule has 0 amide bonds. The number of benzene rings is 5. The van der Waals surface area contributed by atoms with E-state index in [1.807, 2.05) is 30.3 Å². The smallest absolute Gasteiger partial charge is 0.455 e. The number of halogens is 1. The van der Waals surface area contributed by atoms with E-state index in [9.17, 15) is 69.0 Å².